The zero-order valence-corrected chi connectivity index (χ0v) is 14.2. The first-order chi connectivity index (χ1) is 11.7. The average Bonchev–Trinajstić information content (AvgIpc) is 2.62. The predicted octanol–water partition coefficient (Wildman–Crippen LogP) is 3.39. The number of amides is 2. The zero-order chi connectivity index (χ0) is 17.4. The molecule has 2 aromatic carbocycles. The van der Waals surface area contributed by atoms with Crippen LogP contribution in [0.5, 0.6) is 0 Å². The van der Waals surface area contributed by atoms with Gasteiger partial charge in [0.1, 0.15) is 0 Å². The van der Waals surface area contributed by atoms with Gasteiger partial charge in [0.2, 0.25) is 0 Å². The first-order valence-corrected chi connectivity index (χ1v) is 8.19. The van der Waals surface area contributed by atoms with E-state index >= 15 is 0 Å². The van der Waals surface area contributed by atoms with Crippen LogP contribution in [0, 0.1) is 0 Å². The lowest BCUT2D eigenvalue weighted by Gasteiger charge is -2.22. The fourth-order valence-corrected chi connectivity index (χ4v) is 2.54. The van der Waals surface area contributed by atoms with Crippen molar-refractivity contribution in [1.29, 1.82) is 0 Å². The van der Waals surface area contributed by atoms with E-state index in [2.05, 4.69) is 22.5 Å². The van der Waals surface area contributed by atoms with Crippen LogP contribution in [0.25, 0.3) is 0 Å². The maximum atomic E-state index is 12.4. The third-order valence-corrected chi connectivity index (χ3v) is 3.96. The van der Waals surface area contributed by atoms with Gasteiger partial charge in [0.25, 0.3) is 0 Å². The molecule has 0 spiro atoms. The van der Waals surface area contributed by atoms with E-state index in [9.17, 15) is 9.90 Å². The maximum Gasteiger partial charge on any atom is 0.319 e. The molecule has 0 heterocycles. The number of benzene rings is 2. The molecule has 2 aromatic rings. The van der Waals surface area contributed by atoms with E-state index in [0.717, 1.165) is 23.5 Å². The number of urea groups is 1. The van der Waals surface area contributed by atoms with Gasteiger partial charge in [0, 0.05) is 20.2 Å². The number of anilines is 2. The number of nitrogens with one attached hydrogen (secondary N) is 2. The summed E-state index contributed by atoms with van der Waals surface area (Å²) >= 11 is 0. The van der Waals surface area contributed by atoms with Crippen molar-refractivity contribution in [1.82, 2.24) is 5.32 Å². The zero-order valence-electron chi connectivity index (χ0n) is 14.2. The summed E-state index contributed by atoms with van der Waals surface area (Å²) in [4.78, 5) is 14.5. The molecule has 2 rings (SSSR count). The minimum atomic E-state index is -0.283. The van der Waals surface area contributed by atoms with Crippen molar-refractivity contribution in [2.45, 2.75) is 19.4 Å². The predicted molar refractivity (Wildman–Crippen MR) is 98.4 cm³/mol. The van der Waals surface area contributed by atoms with Gasteiger partial charge in [-0.25, -0.2) is 4.79 Å². The minimum absolute atomic E-state index is 0.00893. The molecule has 0 aliphatic heterocycles. The summed E-state index contributed by atoms with van der Waals surface area (Å²) in [6.07, 6.45) is 0.466. The van der Waals surface area contributed by atoms with Crippen LogP contribution in [0.1, 0.15) is 24.9 Å². The van der Waals surface area contributed by atoms with Gasteiger partial charge in [-0.05, 0) is 31.0 Å². The summed E-state index contributed by atoms with van der Waals surface area (Å²) in [5, 5.41) is 15.1. The van der Waals surface area contributed by atoms with Crippen molar-refractivity contribution >= 4 is 17.4 Å². The van der Waals surface area contributed by atoms with E-state index in [1.165, 1.54) is 0 Å². The summed E-state index contributed by atoms with van der Waals surface area (Å²) < 4.78 is 0. The molecule has 5 nitrogen and oxygen atoms in total. The highest BCUT2D eigenvalue weighted by Gasteiger charge is 2.15. The summed E-state index contributed by atoms with van der Waals surface area (Å²) in [7, 11) is 1.98. The largest absolute Gasteiger partial charge is 0.396 e. The molecule has 3 N–H and O–H groups in total. The molecule has 0 radical (unpaired) electrons. The summed E-state index contributed by atoms with van der Waals surface area (Å²) in [5.74, 6) is 0. The number of hydrogen-bond donors (Lipinski definition) is 3. The number of rotatable bonds is 7. The molecule has 0 unspecified atom stereocenters. The number of carbonyl (C=O) groups excluding carboxylic acids is 1. The van der Waals surface area contributed by atoms with Gasteiger partial charge in [-0.3, -0.25) is 0 Å². The Morgan fingerprint density at radius 3 is 2.46 bits per heavy atom. The van der Waals surface area contributed by atoms with Crippen LogP contribution >= 0.6 is 0 Å². The van der Waals surface area contributed by atoms with Crippen LogP contribution in [-0.2, 0) is 0 Å². The number of hydrogen-bond acceptors (Lipinski definition) is 3. The van der Waals surface area contributed by atoms with Gasteiger partial charge in [0.15, 0.2) is 0 Å². The van der Waals surface area contributed by atoms with Crippen molar-refractivity contribution in [2.75, 3.05) is 30.4 Å². The van der Waals surface area contributed by atoms with Crippen LogP contribution in [0.15, 0.2) is 54.6 Å². The second kappa shape index (κ2) is 8.93. The highest BCUT2D eigenvalue weighted by molar-refractivity contribution is 5.93. The Morgan fingerprint density at radius 1 is 1.12 bits per heavy atom. The normalized spacial score (nSPS) is 11.6. The van der Waals surface area contributed by atoms with Gasteiger partial charge in [-0.2, -0.15) is 0 Å². The van der Waals surface area contributed by atoms with Gasteiger partial charge in [-0.15, -0.1) is 0 Å². The molecule has 1 atom stereocenters. The molecule has 0 saturated carbocycles. The Balaban J connectivity index is 2.09. The van der Waals surface area contributed by atoms with Crippen LogP contribution in [-0.4, -0.2) is 31.3 Å². The fraction of sp³-hybridized carbons (Fsp3) is 0.316. The highest BCUT2D eigenvalue weighted by Crippen LogP contribution is 2.24. The number of nitrogens with zero attached hydrogens (tertiary/aromatic N) is 1. The molecule has 24 heavy (non-hydrogen) atoms. The first-order valence-electron chi connectivity index (χ1n) is 8.19. The highest BCUT2D eigenvalue weighted by atomic mass is 16.3. The molecule has 2 amide bonds. The molecular weight excluding hydrogens is 302 g/mol. The fourth-order valence-electron chi connectivity index (χ4n) is 2.54. The summed E-state index contributed by atoms with van der Waals surface area (Å²) in [6, 6.07) is 16.8. The van der Waals surface area contributed by atoms with Crippen molar-refractivity contribution < 1.29 is 9.90 Å². The van der Waals surface area contributed by atoms with E-state index in [-0.39, 0.29) is 18.7 Å². The Bertz CT molecular complexity index is 646. The third-order valence-electron chi connectivity index (χ3n) is 3.96. The van der Waals surface area contributed by atoms with Crippen molar-refractivity contribution in [3.8, 4) is 0 Å². The Hall–Kier alpha value is -2.53. The third kappa shape index (κ3) is 4.73. The topological polar surface area (TPSA) is 64.6 Å². The lowest BCUT2D eigenvalue weighted by molar-refractivity contribution is 0.239. The monoisotopic (exact) mass is 327 g/mol. The van der Waals surface area contributed by atoms with Crippen LogP contribution < -0.4 is 15.5 Å². The van der Waals surface area contributed by atoms with Crippen molar-refractivity contribution in [3.63, 3.8) is 0 Å². The van der Waals surface area contributed by atoms with Crippen LogP contribution in [0.4, 0.5) is 16.2 Å². The SMILES string of the molecule is CCN(C)c1ccccc1NC(=O)N[C@H](CCO)c1ccccc1. The number of carbonyl (C=O) groups is 1. The summed E-state index contributed by atoms with van der Waals surface area (Å²) in [6.45, 7) is 2.91. The van der Waals surface area contributed by atoms with Gasteiger partial charge < -0.3 is 20.6 Å². The smallest absolute Gasteiger partial charge is 0.319 e. The van der Waals surface area contributed by atoms with Crippen molar-refractivity contribution in [3.05, 3.63) is 60.2 Å². The van der Waals surface area contributed by atoms with E-state index < -0.39 is 0 Å². The first kappa shape index (κ1) is 17.8. The summed E-state index contributed by atoms with van der Waals surface area (Å²) in [5.41, 5.74) is 2.70. The lowest BCUT2D eigenvalue weighted by atomic mass is 10.0. The van der Waals surface area contributed by atoms with Crippen LogP contribution in [0.2, 0.25) is 0 Å². The second-order valence-corrected chi connectivity index (χ2v) is 5.61. The quantitative estimate of drug-likeness (QED) is 0.730. The molecule has 0 aliphatic carbocycles. The molecule has 0 aliphatic rings. The average molecular weight is 327 g/mol. The number of para-hydroxylation sites is 2. The minimum Gasteiger partial charge on any atom is -0.396 e. The Morgan fingerprint density at radius 2 is 1.79 bits per heavy atom. The van der Waals surface area contributed by atoms with E-state index in [1.807, 2.05) is 61.6 Å². The van der Waals surface area contributed by atoms with Crippen molar-refractivity contribution in [2.24, 2.45) is 0 Å². The molecular formula is C19H25N3O2. The van der Waals surface area contributed by atoms with E-state index in [4.69, 9.17) is 0 Å². The molecule has 128 valence electrons. The molecule has 0 fully saturated rings. The standard InChI is InChI=1S/C19H25N3O2/c1-3-22(2)18-12-8-7-11-17(18)21-19(24)20-16(13-14-23)15-9-5-4-6-10-15/h4-12,16,23H,3,13-14H2,1-2H3,(H2,20,21,24)/t16-/m1/s1. The number of aliphatic hydroxyl groups is 1. The van der Waals surface area contributed by atoms with E-state index in [1.54, 1.807) is 0 Å². The molecule has 0 aromatic heterocycles. The van der Waals surface area contributed by atoms with E-state index in [0.29, 0.717) is 6.42 Å². The molecule has 0 saturated heterocycles. The lowest BCUT2D eigenvalue weighted by Crippen LogP contribution is -2.33. The van der Waals surface area contributed by atoms with Gasteiger partial charge in [-0.1, -0.05) is 42.5 Å². The Kier molecular flexibility index (Phi) is 6.63. The van der Waals surface area contributed by atoms with Gasteiger partial charge >= 0.3 is 6.03 Å². The number of aliphatic hydroxyl groups excluding tert-OH is 1. The molecule has 0 bridgehead atoms. The Labute approximate surface area is 143 Å². The maximum absolute atomic E-state index is 12.4. The second-order valence-electron chi connectivity index (χ2n) is 5.61. The molecule has 5 heteroatoms. The van der Waals surface area contributed by atoms with Crippen LogP contribution in [0.3, 0.4) is 0 Å². The van der Waals surface area contributed by atoms with Gasteiger partial charge in [0.05, 0.1) is 17.4 Å².